The van der Waals surface area contributed by atoms with E-state index in [2.05, 4.69) is 20.8 Å². The Morgan fingerprint density at radius 2 is 2.06 bits per heavy atom. The van der Waals surface area contributed by atoms with E-state index in [0.717, 1.165) is 24.8 Å². The van der Waals surface area contributed by atoms with Crippen LogP contribution in [0.5, 0.6) is 0 Å². The molecule has 0 aromatic rings. The molecule has 0 radical (unpaired) electrons. The van der Waals surface area contributed by atoms with Gasteiger partial charge in [0.25, 0.3) is 0 Å². The predicted octanol–water partition coefficient (Wildman–Crippen LogP) is 4.57. The molecule has 0 aromatic heterocycles. The van der Waals surface area contributed by atoms with Crippen LogP contribution in [0.1, 0.15) is 66.2 Å². The van der Waals surface area contributed by atoms with Gasteiger partial charge in [0.15, 0.2) is 11.4 Å². The lowest BCUT2D eigenvalue weighted by molar-refractivity contribution is -0.186. The minimum absolute atomic E-state index is 0.00933. The zero-order valence-electron chi connectivity index (χ0n) is 19.8. The van der Waals surface area contributed by atoms with Crippen molar-refractivity contribution >= 4 is 29.0 Å². The number of aliphatic hydroxyl groups excluding tert-OH is 1. The molecule has 176 valence electrons. The van der Waals surface area contributed by atoms with Gasteiger partial charge in [-0.05, 0) is 68.3 Å². The first-order valence-corrected chi connectivity index (χ1v) is 12.4. The predicted molar refractivity (Wildman–Crippen MR) is 126 cm³/mol. The first-order chi connectivity index (χ1) is 15.0. The number of carbonyl (C=O) groups excluding carboxylic acids is 2. The van der Waals surface area contributed by atoms with Crippen molar-refractivity contribution < 1.29 is 24.2 Å². The Kier molecular flexibility index (Phi) is 5.94. The van der Waals surface area contributed by atoms with Gasteiger partial charge < -0.3 is 14.6 Å². The Morgan fingerprint density at radius 1 is 1.34 bits per heavy atom. The summed E-state index contributed by atoms with van der Waals surface area (Å²) in [5, 5.41) is 11.9. The van der Waals surface area contributed by atoms with Gasteiger partial charge in [-0.25, -0.2) is 0 Å². The number of aliphatic hydroxyl groups is 1. The van der Waals surface area contributed by atoms with Crippen LogP contribution in [0.2, 0.25) is 0 Å². The quantitative estimate of drug-likeness (QED) is 0.490. The average molecular weight is 461 g/mol. The number of ketones is 1. The van der Waals surface area contributed by atoms with Crippen LogP contribution in [0.25, 0.3) is 0 Å². The van der Waals surface area contributed by atoms with Crippen LogP contribution in [0.3, 0.4) is 0 Å². The summed E-state index contributed by atoms with van der Waals surface area (Å²) in [7, 11) is 1.55. The molecule has 4 aliphatic rings. The van der Waals surface area contributed by atoms with Crippen LogP contribution in [-0.2, 0) is 19.1 Å². The van der Waals surface area contributed by atoms with E-state index in [1.54, 1.807) is 19.3 Å². The van der Waals surface area contributed by atoms with E-state index in [4.69, 9.17) is 21.7 Å². The molecule has 0 aliphatic heterocycles. The second kappa shape index (κ2) is 8.05. The highest BCUT2D eigenvalue weighted by molar-refractivity contribution is 7.80. The molecule has 0 amide bonds. The third-order valence-corrected chi connectivity index (χ3v) is 9.72. The molecular weight excluding hydrogens is 424 g/mol. The van der Waals surface area contributed by atoms with Gasteiger partial charge in [0.1, 0.15) is 0 Å². The van der Waals surface area contributed by atoms with Crippen molar-refractivity contribution in [1.29, 1.82) is 0 Å². The van der Waals surface area contributed by atoms with E-state index < -0.39 is 17.1 Å². The molecular formula is C26H36O5S. The second-order valence-electron chi connectivity index (χ2n) is 10.8. The Hall–Kier alpha value is -1.53. The standard InChI is InChI=1S/C26H36O5S/c1-6-7-21(29)31-26(23(32)30-5)15(2)12-19-18-9-8-16-13-17(27)10-11-24(16,3)22(18)20(28)14-25(19,26)4/h10-11,13,15,18-20,22,28H,6-9,12,14H2,1-5H3/t15-,18-,19-,20-,22+,24-,25-,26-/m0/s1. The van der Waals surface area contributed by atoms with E-state index in [9.17, 15) is 14.7 Å². The fourth-order valence-corrected chi connectivity index (χ4v) is 8.40. The maximum absolute atomic E-state index is 12.8. The average Bonchev–Trinajstić information content (AvgIpc) is 2.95. The van der Waals surface area contributed by atoms with Crippen molar-refractivity contribution in [3.8, 4) is 0 Å². The van der Waals surface area contributed by atoms with Crippen LogP contribution in [-0.4, -0.2) is 40.7 Å². The van der Waals surface area contributed by atoms with Gasteiger partial charge in [-0.1, -0.05) is 39.3 Å². The second-order valence-corrected chi connectivity index (χ2v) is 11.2. The SMILES string of the molecule is CCCC(=O)O[C@]1(C(=S)OC)[C@@H](C)C[C@H]2[C@@H]3CCC4=CC(=O)C=C[C@]4(C)[C@H]3[C@@H](O)C[C@@]21C. The van der Waals surface area contributed by atoms with Gasteiger partial charge in [-0.2, -0.15) is 0 Å². The first-order valence-electron chi connectivity index (χ1n) is 12.0. The topological polar surface area (TPSA) is 72.8 Å². The van der Waals surface area contributed by atoms with Crippen LogP contribution in [0.15, 0.2) is 23.8 Å². The molecule has 0 spiro atoms. The number of methoxy groups -OCH3 is 1. The number of rotatable bonds is 4. The molecule has 5 nitrogen and oxygen atoms in total. The molecule has 4 aliphatic carbocycles. The van der Waals surface area contributed by atoms with Gasteiger partial charge in [0, 0.05) is 29.1 Å². The highest BCUT2D eigenvalue weighted by Gasteiger charge is 2.72. The maximum atomic E-state index is 12.8. The Morgan fingerprint density at radius 3 is 2.72 bits per heavy atom. The summed E-state index contributed by atoms with van der Waals surface area (Å²) in [6.07, 6.45) is 8.99. The monoisotopic (exact) mass is 460 g/mol. The number of hydrogen-bond donors (Lipinski definition) is 1. The highest BCUT2D eigenvalue weighted by Crippen LogP contribution is 2.69. The lowest BCUT2D eigenvalue weighted by Crippen LogP contribution is -2.63. The zero-order valence-corrected chi connectivity index (χ0v) is 20.7. The van der Waals surface area contributed by atoms with E-state index in [-0.39, 0.29) is 40.8 Å². The Labute approximate surface area is 196 Å². The number of carbonyl (C=O) groups is 2. The molecule has 0 bridgehead atoms. The molecule has 0 heterocycles. The molecule has 3 fully saturated rings. The summed E-state index contributed by atoms with van der Waals surface area (Å²) in [6.45, 7) is 8.36. The summed E-state index contributed by atoms with van der Waals surface area (Å²) < 4.78 is 11.9. The molecule has 4 rings (SSSR count). The van der Waals surface area contributed by atoms with Crippen molar-refractivity contribution in [2.45, 2.75) is 77.9 Å². The van der Waals surface area contributed by atoms with Crippen molar-refractivity contribution in [3.05, 3.63) is 23.8 Å². The summed E-state index contributed by atoms with van der Waals surface area (Å²) in [5.74, 6) is 0.274. The largest absolute Gasteiger partial charge is 0.487 e. The smallest absolute Gasteiger partial charge is 0.306 e. The third kappa shape index (κ3) is 3.08. The lowest BCUT2D eigenvalue weighted by atomic mass is 9.46. The van der Waals surface area contributed by atoms with E-state index in [1.165, 1.54) is 0 Å². The third-order valence-electron chi connectivity index (χ3n) is 9.25. The Bertz CT molecular complexity index is 893. The number of esters is 1. The van der Waals surface area contributed by atoms with Crippen molar-refractivity contribution in [2.75, 3.05) is 7.11 Å². The summed E-state index contributed by atoms with van der Waals surface area (Å²) in [5.41, 5.74) is -0.745. The molecule has 0 saturated heterocycles. The van der Waals surface area contributed by atoms with E-state index >= 15 is 0 Å². The van der Waals surface area contributed by atoms with Crippen molar-refractivity contribution in [2.24, 2.45) is 34.5 Å². The molecule has 0 aromatic carbocycles. The van der Waals surface area contributed by atoms with Crippen LogP contribution in [0.4, 0.5) is 0 Å². The first kappa shape index (κ1) is 23.6. The molecule has 0 unspecified atom stereocenters. The normalized spacial score (nSPS) is 44.8. The van der Waals surface area contributed by atoms with E-state index in [0.29, 0.717) is 24.3 Å². The highest BCUT2D eigenvalue weighted by atomic mass is 32.1. The summed E-state index contributed by atoms with van der Waals surface area (Å²) in [6, 6.07) is 0. The number of allylic oxidation sites excluding steroid dienone is 4. The van der Waals surface area contributed by atoms with Gasteiger partial charge >= 0.3 is 5.97 Å². The molecule has 3 saturated carbocycles. The maximum Gasteiger partial charge on any atom is 0.306 e. The van der Waals surface area contributed by atoms with Crippen molar-refractivity contribution in [1.82, 2.24) is 0 Å². The fourth-order valence-electron chi connectivity index (χ4n) is 7.92. The minimum atomic E-state index is -1.03. The van der Waals surface area contributed by atoms with E-state index in [1.807, 2.05) is 13.0 Å². The number of hydrogen-bond acceptors (Lipinski definition) is 6. The number of fused-ring (bicyclic) bond motifs is 5. The van der Waals surface area contributed by atoms with Gasteiger partial charge in [-0.3, -0.25) is 9.59 Å². The molecule has 1 N–H and O–H groups in total. The minimum Gasteiger partial charge on any atom is -0.487 e. The Balaban J connectivity index is 1.78. The zero-order chi connectivity index (χ0) is 23.5. The van der Waals surface area contributed by atoms with Crippen LogP contribution >= 0.6 is 12.2 Å². The summed E-state index contributed by atoms with van der Waals surface area (Å²) >= 11 is 5.72. The van der Waals surface area contributed by atoms with Gasteiger partial charge in [0.2, 0.25) is 5.05 Å². The lowest BCUT2D eigenvalue weighted by Gasteiger charge is -2.60. The van der Waals surface area contributed by atoms with Crippen LogP contribution in [0, 0.1) is 34.5 Å². The fraction of sp³-hybridized carbons (Fsp3) is 0.731. The number of ether oxygens (including phenoxy) is 2. The summed E-state index contributed by atoms with van der Waals surface area (Å²) in [4.78, 5) is 24.8. The van der Waals surface area contributed by atoms with Gasteiger partial charge in [0.05, 0.1) is 13.2 Å². The molecule has 32 heavy (non-hydrogen) atoms. The molecule has 8 atom stereocenters. The number of thiocarbonyl (C=S) groups is 1. The van der Waals surface area contributed by atoms with Crippen LogP contribution < -0.4 is 0 Å². The van der Waals surface area contributed by atoms with Crippen molar-refractivity contribution in [3.63, 3.8) is 0 Å². The van der Waals surface area contributed by atoms with Gasteiger partial charge in [-0.15, -0.1) is 0 Å². The molecule has 6 heteroatoms.